The largest absolute Gasteiger partial charge is 0.495 e. The Kier molecular flexibility index (Phi) is 9.16. The molecule has 2 aromatic carbocycles. The van der Waals surface area contributed by atoms with E-state index in [1.807, 2.05) is 42.5 Å². The number of hydrogen-bond donors (Lipinski definition) is 3. The highest BCUT2D eigenvalue weighted by atomic mass is 16.5. The smallest absolute Gasteiger partial charge is 0.322 e. The first kappa shape index (κ1) is 25.9. The molecular formula is C27H35N3O6. The van der Waals surface area contributed by atoms with E-state index >= 15 is 0 Å². The number of para-hydroxylation sites is 2. The molecule has 3 amide bonds. The van der Waals surface area contributed by atoms with Crippen molar-refractivity contribution in [3.05, 3.63) is 60.2 Å². The summed E-state index contributed by atoms with van der Waals surface area (Å²) in [6, 6.07) is 16.6. The molecule has 194 valence electrons. The molecule has 2 aliphatic rings. The first-order valence-corrected chi connectivity index (χ1v) is 12.5. The van der Waals surface area contributed by atoms with Gasteiger partial charge in [-0.1, -0.05) is 42.5 Å². The lowest BCUT2D eigenvalue weighted by molar-refractivity contribution is -0.149. The quantitative estimate of drug-likeness (QED) is 0.543. The summed E-state index contributed by atoms with van der Waals surface area (Å²) in [5, 5.41) is 16.2. The fourth-order valence-electron chi connectivity index (χ4n) is 4.78. The Bertz CT molecular complexity index is 1000. The average molecular weight is 498 g/mol. The second kappa shape index (κ2) is 12.7. The first-order chi connectivity index (χ1) is 17.5. The zero-order chi connectivity index (χ0) is 25.3. The fraction of sp³-hybridized carbons (Fsp3) is 0.481. The fourth-order valence-corrected chi connectivity index (χ4v) is 4.78. The van der Waals surface area contributed by atoms with E-state index in [1.54, 1.807) is 24.1 Å². The summed E-state index contributed by atoms with van der Waals surface area (Å²) in [6.45, 7) is 1.04. The summed E-state index contributed by atoms with van der Waals surface area (Å²) < 4.78 is 17.3. The van der Waals surface area contributed by atoms with Crippen molar-refractivity contribution in [2.75, 3.05) is 38.7 Å². The number of methoxy groups -OCH3 is 1. The molecule has 2 saturated heterocycles. The molecule has 36 heavy (non-hydrogen) atoms. The number of benzene rings is 2. The number of aliphatic hydroxyl groups is 1. The number of amides is 3. The summed E-state index contributed by atoms with van der Waals surface area (Å²) in [4.78, 5) is 27.4. The number of nitrogens with one attached hydrogen (secondary N) is 2. The second-order valence-electron chi connectivity index (χ2n) is 9.20. The number of β-amino-alcohol motifs (C(OH)–C–C–N with tert-alkyl or cyclic N) is 1. The topological polar surface area (TPSA) is 109 Å². The Balaban J connectivity index is 1.34. The van der Waals surface area contributed by atoms with Crippen molar-refractivity contribution in [2.24, 2.45) is 0 Å². The van der Waals surface area contributed by atoms with Crippen LogP contribution in [-0.4, -0.2) is 79.7 Å². The van der Waals surface area contributed by atoms with Gasteiger partial charge >= 0.3 is 6.03 Å². The first-order valence-electron chi connectivity index (χ1n) is 12.5. The van der Waals surface area contributed by atoms with Gasteiger partial charge in [0.15, 0.2) is 0 Å². The number of carbonyl (C=O) groups is 2. The monoisotopic (exact) mass is 497 g/mol. The Morgan fingerprint density at radius 2 is 1.86 bits per heavy atom. The third-order valence-corrected chi connectivity index (χ3v) is 6.58. The maximum absolute atomic E-state index is 13.3. The molecule has 2 aromatic rings. The van der Waals surface area contributed by atoms with Crippen LogP contribution in [0, 0.1) is 0 Å². The van der Waals surface area contributed by atoms with E-state index in [0.29, 0.717) is 30.8 Å². The minimum atomic E-state index is -0.803. The molecule has 2 heterocycles. The molecule has 0 aliphatic carbocycles. The Morgan fingerprint density at radius 3 is 2.67 bits per heavy atom. The molecule has 4 atom stereocenters. The normalized spacial score (nSPS) is 24.1. The van der Waals surface area contributed by atoms with Crippen molar-refractivity contribution in [3.8, 4) is 5.75 Å². The Hall–Kier alpha value is -3.14. The van der Waals surface area contributed by atoms with Gasteiger partial charge in [0.05, 0.1) is 57.2 Å². The van der Waals surface area contributed by atoms with Gasteiger partial charge in [-0.3, -0.25) is 4.79 Å². The van der Waals surface area contributed by atoms with Crippen LogP contribution >= 0.6 is 0 Å². The molecule has 0 bridgehead atoms. The number of fused-ring (bicyclic) bond motifs is 1. The van der Waals surface area contributed by atoms with Crippen LogP contribution in [0.15, 0.2) is 54.6 Å². The molecule has 4 rings (SSSR count). The third kappa shape index (κ3) is 6.96. The number of urea groups is 1. The Labute approximate surface area is 211 Å². The molecule has 0 spiro atoms. The van der Waals surface area contributed by atoms with E-state index in [1.165, 1.54) is 5.56 Å². The van der Waals surface area contributed by atoms with Crippen molar-refractivity contribution in [1.29, 1.82) is 0 Å². The van der Waals surface area contributed by atoms with Gasteiger partial charge in [-0.25, -0.2) is 4.79 Å². The van der Waals surface area contributed by atoms with Gasteiger partial charge in [0, 0.05) is 6.54 Å². The molecule has 0 radical (unpaired) electrons. The highest BCUT2D eigenvalue weighted by Gasteiger charge is 2.40. The summed E-state index contributed by atoms with van der Waals surface area (Å²) in [5.74, 6) is 0.499. The van der Waals surface area contributed by atoms with E-state index in [0.717, 1.165) is 6.42 Å². The number of nitrogens with zero attached hydrogens (tertiary/aromatic N) is 1. The molecule has 0 aromatic heterocycles. The molecular weight excluding hydrogens is 462 g/mol. The summed E-state index contributed by atoms with van der Waals surface area (Å²) in [6.07, 6.45) is 0.849. The van der Waals surface area contributed by atoms with Gasteiger partial charge < -0.3 is 34.9 Å². The second-order valence-corrected chi connectivity index (χ2v) is 9.20. The third-order valence-electron chi connectivity index (χ3n) is 6.58. The lowest BCUT2D eigenvalue weighted by Crippen LogP contribution is -2.58. The highest BCUT2D eigenvalue weighted by molar-refractivity contribution is 5.91. The van der Waals surface area contributed by atoms with Crippen LogP contribution in [0.1, 0.15) is 24.8 Å². The van der Waals surface area contributed by atoms with Crippen molar-refractivity contribution in [1.82, 2.24) is 10.2 Å². The predicted molar refractivity (Wildman–Crippen MR) is 135 cm³/mol. The highest BCUT2D eigenvalue weighted by Crippen LogP contribution is 2.29. The van der Waals surface area contributed by atoms with Gasteiger partial charge in [0.2, 0.25) is 5.91 Å². The standard InChI is InChI=1S/C27H35N3O6/c1-34-24-10-6-5-9-22(24)29-27(33)30-16-20(31)17-35-18-25-23(30)12-11-21(36-25)15-26(32)28-14-13-19-7-3-2-4-8-19/h2-10,20-21,23,25,31H,11-18H2,1H3,(H,28,32)(H,29,33)/t20-,21+,23+,25-/m0/s1. The van der Waals surface area contributed by atoms with Gasteiger partial charge in [-0.05, 0) is 37.0 Å². The van der Waals surface area contributed by atoms with Crippen LogP contribution in [0.25, 0.3) is 0 Å². The Morgan fingerprint density at radius 1 is 1.08 bits per heavy atom. The van der Waals surface area contributed by atoms with E-state index in [2.05, 4.69) is 10.6 Å². The molecule has 0 unspecified atom stereocenters. The lowest BCUT2D eigenvalue weighted by Gasteiger charge is -2.44. The van der Waals surface area contributed by atoms with Crippen molar-refractivity contribution >= 4 is 17.6 Å². The van der Waals surface area contributed by atoms with Crippen molar-refractivity contribution in [3.63, 3.8) is 0 Å². The molecule has 0 saturated carbocycles. The van der Waals surface area contributed by atoms with Crippen LogP contribution in [0.2, 0.25) is 0 Å². The minimum absolute atomic E-state index is 0.0534. The van der Waals surface area contributed by atoms with Crippen LogP contribution in [-0.2, 0) is 20.7 Å². The average Bonchev–Trinajstić information content (AvgIpc) is 2.87. The summed E-state index contributed by atoms with van der Waals surface area (Å²) >= 11 is 0. The van der Waals surface area contributed by atoms with Crippen molar-refractivity contribution < 1.29 is 28.9 Å². The summed E-state index contributed by atoms with van der Waals surface area (Å²) in [7, 11) is 1.55. The van der Waals surface area contributed by atoms with E-state index in [4.69, 9.17) is 14.2 Å². The van der Waals surface area contributed by atoms with Crippen LogP contribution in [0.3, 0.4) is 0 Å². The number of aliphatic hydroxyl groups excluding tert-OH is 1. The zero-order valence-electron chi connectivity index (χ0n) is 20.6. The lowest BCUT2D eigenvalue weighted by atomic mass is 9.95. The molecule has 3 N–H and O–H groups in total. The number of rotatable bonds is 7. The van der Waals surface area contributed by atoms with E-state index in [9.17, 15) is 14.7 Å². The molecule has 2 aliphatic heterocycles. The zero-order valence-corrected chi connectivity index (χ0v) is 20.6. The van der Waals surface area contributed by atoms with Crippen LogP contribution in [0.5, 0.6) is 5.75 Å². The number of hydrogen-bond acceptors (Lipinski definition) is 6. The number of ether oxygens (including phenoxy) is 3. The summed E-state index contributed by atoms with van der Waals surface area (Å²) in [5.41, 5.74) is 1.73. The number of anilines is 1. The van der Waals surface area contributed by atoms with Crippen LogP contribution in [0.4, 0.5) is 10.5 Å². The van der Waals surface area contributed by atoms with E-state index < -0.39 is 12.2 Å². The molecule has 9 heteroatoms. The van der Waals surface area contributed by atoms with Gasteiger partial charge in [0.1, 0.15) is 11.9 Å². The van der Waals surface area contributed by atoms with Gasteiger partial charge in [-0.2, -0.15) is 0 Å². The van der Waals surface area contributed by atoms with Gasteiger partial charge in [-0.15, -0.1) is 0 Å². The maximum atomic E-state index is 13.3. The molecule has 2 fully saturated rings. The van der Waals surface area contributed by atoms with E-state index in [-0.39, 0.29) is 50.3 Å². The minimum Gasteiger partial charge on any atom is -0.495 e. The number of carbonyl (C=O) groups excluding carboxylic acids is 2. The van der Waals surface area contributed by atoms with Gasteiger partial charge in [0.25, 0.3) is 0 Å². The van der Waals surface area contributed by atoms with Crippen molar-refractivity contribution in [2.45, 2.75) is 50.0 Å². The predicted octanol–water partition coefficient (Wildman–Crippen LogP) is 2.59. The molecule has 9 nitrogen and oxygen atoms in total. The SMILES string of the molecule is COc1ccccc1NC(=O)N1C[C@H](O)COC[C@@H]2O[C@@H](CC(=O)NCCc3ccccc3)CC[C@H]21. The van der Waals surface area contributed by atoms with Crippen LogP contribution < -0.4 is 15.4 Å². The maximum Gasteiger partial charge on any atom is 0.322 e.